The lowest BCUT2D eigenvalue weighted by atomic mass is 10.1. The molecule has 1 N–H and O–H groups in total. The molecule has 0 aliphatic carbocycles. The smallest absolute Gasteiger partial charge is 0.375 e. The Labute approximate surface area is 167 Å². The lowest BCUT2D eigenvalue weighted by molar-refractivity contribution is -0.124. The summed E-state index contributed by atoms with van der Waals surface area (Å²) in [5.41, 5.74) is 2.03. The zero-order valence-corrected chi connectivity index (χ0v) is 16.5. The Morgan fingerprint density at radius 2 is 2.00 bits per heavy atom. The van der Waals surface area contributed by atoms with Crippen LogP contribution in [0.3, 0.4) is 0 Å². The van der Waals surface area contributed by atoms with E-state index in [4.69, 9.17) is 25.5 Å². The summed E-state index contributed by atoms with van der Waals surface area (Å²) in [7, 11) is 1.56. The monoisotopic (exact) mass is 401 g/mol. The molecule has 7 heteroatoms. The lowest BCUT2D eigenvalue weighted by Crippen LogP contribution is -2.31. The zero-order valence-electron chi connectivity index (χ0n) is 15.7. The van der Waals surface area contributed by atoms with E-state index in [0.29, 0.717) is 21.9 Å². The number of hydrogen-bond donors (Lipinski definition) is 1. The third-order valence-electron chi connectivity index (χ3n) is 4.39. The van der Waals surface area contributed by atoms with Crippen LogP contribution < -0.4 is 10.1 Å². The number of furan rings is 1. The van der Waals surface area contributed by atoms with Crippen molar-refractivity contribution in [3.63, 3.8) is 0 Å². The van der Waals surface area contributed by atoms with Crippen molar-refractivity contribution in [2.24, 2.45) is 0 Å². The molecule has 2 aromatic carbocycles. The minimum Gasteiger partial charge on any atom is -0.497 e. The molecule has 0 radical (unpaired) electrons. The van der Waals surface area contributed by atoms with Gasteiger partial charge in [-0.15, -0.1) is 0 Å². The number of hydrogen-bond acceptors (Lipinski definition) is 5. The molecule has 0 fully saturated rings. The maximum Gasteiger partial charge on any atom is 0.375 e. The van der Waals surface area contributed by atoms with E-state index >= 15 is 0 Å². The van der Waals surface area contributed by atoms with Gasteiger partial charge in [-0.2, -0.15) is 0 Å². The lowest BCUT2D eigenvalue weighted by Gasteiger charge is -2.14. The summed E-state index contributed by atoms with van der Waals surface area (Å²) in [5, 5.41) is 4.10. The van der Waals surface area contributed by atoms with Crippen molar-refractivity contribution < 1.29 is 23.5 Å². The van der Waals surface area contributed by atoms with Crippen LogP contribution in [0.25, 0.3) is 11.0 Å². The van der Waals surface area contributed by atoms with Gasteiger partial charge in [0.25, 0.3) is 5.91 Å². The van der Waals surface area contributed by atoms with Crippen LogP contribution in [0, 0.1) is 6.92 Å². The number of halogens is 1. The number of benzene rings is 2. The van der Waals surface area contributed by atoms with Gasteiger partial charge in [0.05, 0.1) is 13.2 Å². The minimum absolute atomic E-state index is 0.0685. The van der Waals surface area contributed by atoms with Gasteiger partial charge in [0.1, 0.15) is 11.3 Å². The van der Waals surface area contributed by atoms with Crippen LogP contribution in [-0.2, 0) is 9.53 Å². The number of methoxy groups -OCH3 is 1. The predicted molar refractivity (Wildman–Crippen MR) is 106 cm³/mol. The first-order valence-corrected chi connectivity index (χ1v) is 9.06. The van der Waals surface area contributed by atoms with Gasteiger partial charge in [-0.3, -0.25) is 4.79 Å². The number of carbonyl (C=O) groups is 2. The van der Waals surface area contributed by atoms with E-state index in [2.05, 4.69) is 5.32 Å². The first kappa shape index (κ1) is 19.8. The molecule has 28 heavy (non-hydrogen) atoms. The number of aryl methyl sites for hydroxylation is 1. The number of amides is 1. The fourth-order valence-corrected chi connectivity index (χ4v) is 3.06. The molecular weight excluding hydrogens is 382 g/mol. The molecule has 1 amide bonds. The van der Waals surface area contributed by atoms with Gasteiger partial charge in [-0.1, -0.05) is 23.7 Å². The molecule has 1 heterocycles. The van der Waals surface area contributed by atoms with Crippen LogP contribution in [0.5, 0.6) is 5.75 Å². The average molecular weight is 402 g/mol. The molecule has 0 saturated heterocycles. The van der Waals surface area contributed by atoms with Crippen molar-refractivity contribution in [2.75, 3.05) is 13.7 Å². The normalized spacial score (nSPS) is 11.9. The van der Waals surface area contributed by atoms with Crippen LogP contribution in [-0.4, -0.2) is 25.6 Å². The fraction of sp³-hybridized carbons (Fsp3) is 0.238. The first-order chi connectivity index (χ1) is 13.4. The number of fused-ring (bicyclic) bond motifs is 1. The summed E-state index contributed by atoms with van der Waals surface area (Å²) >= 11 is 5.96. The number of carbonyl (C=O) groups excluding carboxylic acids is 2. The molecule has 0 aliphatic rings. The van der Waals surface area contributed by atoms with Crippen LogP contribution in [0.15, 0.2) is 46.9 Å². The van der Waals surface area contributed by atoms with Gasteiger partial charge in [0, 0.05) is 16.0 Å². The van der Waals surface area contributed by atoms with Crippen molar-refractivity contribution in [3.8, 4) is 5.75 Å². The highest BCUT2D eigenvalue weighted by Gasteiger charge is 2.21. The Hall–Kier alpha value is -2.99. The topological polar surface area (TPSA) is 77.8 Å². The molecule has 1 atom stereocenters. The van der Waals surface area contributed by atoms with Crippen LogP contribution >= 0.6 is 11.6 Å². The van der Waals surface area contributed by atoms with Crippen molar-refractivity contribution >= 4 is 34.4 Å². The molecule has 0 spiro atoms. The highest BCUT2D eigenvalue weighted by atomic mass is 35.5. The molecule has 3 rings (SSSR count). The predicted octanol–water partition coefficient (Wildman–Crippen LogP) is 4.44. The molecule has 6 nitrogen and oxygen atoms in total. The van der Waals surface area contributed by atoms with Crippen LogP contribution in [0.1, 0.15) is 34.6 Å². The van der Waals surface area contributed by atoms with Crippen LogP contribution in [0.4, 0.5) is 0 Å². The maximum atomic E-state index is 12.3. The highest BCUT2D eigenvalue weighted by molar-refractivity contribution is 6.30. The van der Waals surface area contributed by atoms with E-state index in [1.165, 1.54) is 0 Å². The largest absolute Gasteiger partial charge is 0.497 e. The summed E-state index contributed by atoms with van der Waals surface area (Å²) < 4.78 is 15.9. The molecule has 3 aromatic rings. The Balaban J connectivity index is 1.63. The van der Waals surface area contributed by atoms with Gasteiger partial charge >= 0.3 is 5.97 Å². The molecule has 0 bridgehead atoms. The van der Waals surface area contributed by atoms with Gasteiger partial charge < -0.3 is 19.2 Å². The highest BCUT2D eigenvalue weighted by Crippen LogP contribution is 2.29. The van der Waals surface area contributed by atoms with E-state index < -0.39 is 18.5 Å². The molecule has 1 aromatic heterocycles. The standard InChI is InChI=1S/C21H20ClNO5/c1-12-17-10-16(26-3)7-8-18(17)28-20(12)21(25)27-11-19(24)23-13(2)14-5-4-6-15(22)9-14/h4-10,13H,11H2,1-3H3,(H,23,24)/t13-/m0/s1. The van der Waals surface area contributed by atoms with Gasteiger partial charge in [0.2, 0.25) is 5.76 Å². The summed E-state index contributed by atoms with van der Waals surface area (Å²) in [6.45, 7) is 3.16. The molecule has 0 saturated carbocycles. The van der Waals surface area contributed by atoms with Crippen molar-refractivity contribution in [1.29, 1.82) is 0 Å². The number of ether oxygens (including phenoxy) is 2. The maximum absolute atomic E-state index is 12.3. The van der Waals surface area contributed by atoms with E-state index in [-0.39, 0.29) is 11.8 Å². The SMILES string of the molecule is COc1ccc2oc(C(=O)OCC(=O)N[C@@H](C)c3cccc(Cl)c3)c(C)c2c1. The van der Waals surface area contributed by atoms with Crippen molar-refractivity contribution in [3.05, 3.63) is 64.4 Å². The number of nitrogens with one attached hydrogen (secondary N) is 1. The zero-order chi connectivity index (χ0) is 20.3. The van der Waals surface area contributed by atoms with Crippen molar-refractivity contribution in [2.45, 2.75) is 19.9 Å². The molecular formula is C21H20ClNO5. The molecule has 146 valence electrons. The Morgan fingerprint density at radius 1 is 1.21 bits per heavy atom. The van der Waals surface area contributed by atoms with E-state index in [1.807, 2.05) is 13.0 Å². The number of rotatable bonds is 6. The average Bonchev–Trinajstić information content (AvgIpc) is 3.02. The van der Waals surface area contributed by atoms with E-state index in [0.717, 1.165) is 10.9 Å². The summed E-state index contributed by atoms with van der Waals surface area (Å²) in [6.07, 6.45) is 0. The third-order valence-corrected chi connectivity index (χ3v) is 4.62. The van der Waals surface area contributed by atoms with E-state index in [9.17, 15) is 9.59 Å². The Kier molecular flexibility index (Phi) is 5.90. The summed E-state index contributed by atoms with van der Waals surface area (Å²) in [4.78, 5) is 24.5. The molecule has 0 aliphatic heterocycles. The quantitative estimate of drug-likeness (QED) is 0.618. The first-order valence-electron chi connectivity index (χ1n) is 8.68. The Morgan fingerprint density at radius 3 is 2.71 bits per heavy atom. The minimum atomic E-state index is -0.696. The second-order valence-electron chi connectivity index (χ2n) is 6.34. The second kappa shape index (κ2) is 8.35. The van der Waals surface area contributed by atoms with Gasteiger partial charge in [-0.25, -0.2) is 4.79 Å². The summed E-state index contributed by atoms with van der Waals surface area (Å²) in [5.74, 6) is -0.390. The van der Waals surface area contributed by atoms with Crippen molar-refractivity contribution in [1.82, 2.24) is 5.32 Å². The van der Waals surface area contributed by atoms with Gasteiger partial charge in [-0.05, 0) is 49.7 Å². The van der Waals surface area contributed by atoms with E-state index in [1.54, 1.807) is 50.4 Å². The molecule has 0 unspecified atom stereocenters. The van der Waals surface area contributed by atoms with Gasteiger partial charge in [0.15, 0.2) is 6.61 Å². The second-order valence-corrected chi connectivity index (χ2v) is 6.78. The fourth-order valence-electron chi connectivity index (χ4n) is 2.86. The van der Waals surface area contributed by atoms with Crippen LogP contribution in [0.2, 0.25) is 5.02 Å². The third kappa shape index (κ3) is 4.28. The number of esters is 1. The summed E-state index contributed by atoms with van der Waals surface area (Å²) in [6, 6.07) is 12.2. The Bertz CT molecular complexity index is 1030.